The SMILES string of the molecule is NCC1CN(c2ccc(Br)cn2)CCO1. The van der Waals surface area contributed by atoms with E-state index in [2.05, 4.69) is 25.8 Å². The number of hydrogen-bond acceptors (Lipinski definition) is 4. The van der Waals surface area contributed by atoms with Gasteiger partial charge in [0, 0.05) is 30.3 Å². The van der Waals surface area contributed by atoms with E-state index in [1.54, 1.807) is 0 Å². The molecule has 5 heteroatoms. The minimum atomic E-state index is 0.129. The van der Waals surface area contributed by atoms with Crippen molar-refractivity contribution in [3.05, 3.63) is 22.8 Å². The van der Waals surface area contributed by atoms with E-state index in [0.717, 1.165) is 30.0 Å². The van der Waals surface area contributed by atoms with Crippen LogP contribution in [-0.4, -0.2) is 37.3 Å². The topological polar surface area (TPSA) is 51.4 Å². The van der Waals surface area contributed by atoms with Crippen molar-refractivity contribution in [2.75, 3.05) is 31.1 Å². The molecule has 0 saturated carbocycles. The maximum Gasteiger partial charge on any atom is 0.128 e. The van der Waals surface area contributed by atoms with E-state index in [1.165, 1.54) is 0 Å². The number of ether oxygens (including phenoxy) is 1. The zero-order chi connectivity index (χ0) is 10.7. The molecule has 15 heavy (non-hydrogen) atoms. The molecule has 82 valence electrons. The fourth-order valence-corrected chi connectivity index (χ4v) is 1.86. The van der Waals surface area contributed by atoms with E-state index in [0.29, 0.717) is 6.54 Å². The molecule has 0 bridgehead atoms. The lowest BCUT2D eigenvalue weighted by Crippen LogP contribution is -2.46. The first-order chi connectivity index (χ1) is 7.29. The summed E-state index contributed by atoms with van der Waals surface area (Å²) >= 11 is 3.37. The van der Waals surface area contributed by atoms with Gasteiger partial charge in [-0.15, -0.1) is 0 Å². The smallest absolute Gasteiger partial charge is 0.128 e. The summed E-state index contributed by atoms with van der Waals surface area (Å²) in [4.78, 5) is 6.56. The van der Waals surface area contributed by atoms with Gasteiger partial charge in [0.1, 0.15) is 5.82 Å². The molecule has 2 rings (SSSR count). The fourth-order valence-electron chi connectivity index (χ4n) is 1.63. The highest BCUT2D eigenvalue weighted by atomic mass is 79.9. The van der Waals surface area contributed by atoms with E-state index in [-0.39, 0.29) is 6.10 Å². The molecule has 1 unspecified atom stereocenters. The standard InChI is InChI=1S/C10H14BrN3O/c11-8-1-2-10(13-6-8)14-3-4-15-9(5-12)7-14/h1-2,6,9H,3-5,7,12H2. The summed E-state index contributed by atoms with van der Waals surface area (Å²) in [5.41, 5.74) is 5.59. The number of nitrogens with zero attached hydrogens (tertiary/aromatic N) is 2. The van der Waals surface area contributed by atoms with Crippen LogP contribution in [0.2, 0.25) is 0 Å². The summed E-state index contributed by atoms with van der Waals surface area (Å²) in [6, 6.07) is 4.00. The van der Waals surface area contributed by atoms with Gasteiger partial charge in [0.25, 0.3) is 0 Å². The summed E-state index contributed by atoms with van der Waals surface area (Å²) in [5, 5.41) is 0. The van der Waals surface area contributed by atoms with Crippen LogP contribution in [0.25, 0.3) is 0 Å². The monoisotopic (exact) mass is 271 g/mol. The Morgan fingerprint density at radius 1 is 1.60 bits per heavy atom. The van der Waals surface area contributed by atoms with E-state index >= 15 is 0 Å². The Bertz CT molecular complexity index is 317. The molecule has 1 aromatic heterocycles. The molecule has 1 aliphatic heterocycles. The summed E-state index contributed by atoms with van der Waals surface area (Å²) in [6.07, 6.45) is 1.94. The second kappa shape index (κ2) is 4.92. The van der Waals surface area contributed by atoms with Gasteiger partial charge in [-0.2, -0.15) is 0 Å². The highest BCUT2D eigenvalue weighted by molar-refractivity contribution is 9.10. The van der Waals surface area contributed by atoms with Crippen molar-refractivity contribution in [3.8, 4) is 0 Å². The zero-order valence-electron chi connectivity index (χ0n) is 8.40. The Balaban J connectivity index is 2.06. The lowest BCUT2D eigenvalue weighted by molar-refractivity contribution is 0.0463. The van der Waals surface area contributed by atoms with E-state index in [1.807, 2.05) is 18.3 Å². The summed E-state index contributed by atoms with van der Waals surface area (Å²) < 4.78 is 6.49. The Labute approximate surface area is 97.6 Å². The number of aromatic nitrogens is 1. The largest absolute Gasteiger partial charge is 0.373 e. The summed E-state index contributed by atoms with van der Waals surface area (Å²) in [5.74, 6) is 0.986. The van der Waals surface area contributed by atoms with Crippen LogP contribution in [0.3, 0.4) is 0 Å². The van der Waals surface area contributed by atoms with Gasteiger partial charge >= 0.3 is 0 Å². The summed E-state index contributed by atoms with van der Waals surface area (Å²) in [6.45, 7) is 2.99. The van der Waals surface area contributed by atoms with Crippen LogP contribution in [0.1, 0.15) is 0 Å². The van der Waals surface area contributed by atoms with E-state index in [9.17, 15) is 0 Å². The minimum Gasteiger partial charge on any atom is -0.373 e. The summed E-state index contributed by atoms with van der Waals surface area (Å²) in [7, 11) is 0. The maximum atomic E-state index is 5.59. The van der Waals surface area contributed by atoms with E-state index < -0.39 is 0 Å². The van der Waals surface area contributed by atoms with Gasteiger partial charge in [-0.1, -0.05) is 0 Å². The minimum absolute atomic E-state index is 0.129. The third-order valence-corrected chi connectivity index (χ3v) is 2.91. The fraction of sp³-hybridized carbons (Fsp3) is 0.500. The molecule has 1 saturated heterocycles. The molecule has 1 fully saturated rings. The molecule has 2 N–H and O–H groups in total. The first-order valence-electron chi connectivity index (χ1n) is 4.98. The molecule has 0 spiro atoms. The third kappa shape index (κ3) is 2.68. The van der Waals surface area contributed by atoms with Crippen LogP contribution in [0.5, 0.6) is 0 Å². The van der Waals surface area contributed by atoms with Crippen molar-refractivity contribution >= 4 is 21.7 Å². The Morgan fingerprint density at radius 3 is 3.13 bits per heavy atom. The Kier molecular flexibility index (Phi) is 3.56. The second-order valence-corrected chi connectivity index (χ2v) is 4.42. The molecule has 0 aliphatic carbocycles. The number of anilines is 1. The maximum absolute atomic E-state index is 5.59. The average molecular weight is 272 g/mol. The Morgan fingerprint density at radius 2 is 2.47 bits per heavy atom. The molecule has 2 heterocycles. The normalized spacial score (nSPS) is 21.7. The van der Waals surface area contributed by atoms with Crippen LogP contribution in [-0.2, 0) is 4.74 Å². The number of rotatable bonds is 2. The molecule has 1 aromatic rings. The van der Waals surface area contributed by atoms with Gasteiger partial charge < -0.3 is 15.4 Å². The highest BCUT2D eigenvalue weighted by Crippen LogP contribution is 2.17. The van der Waals surface area contributed by atoms with Crippen molar-refractivity contribution in [2.45, 2.75) is 6.10 Å². The van der Waals surface area contributed by atoms with Crippen LogP contribution in [0, 0.1) is 0 Å². The second-order valence-electron chi connectivity index (χ2n) is 3.51. The highest BCUT2D eigenvalue weighted by Gasteiger charge is 2.19. The number of pyridine rings is 1. The van der Waals surface area contributed by atoms with Crippen molar-refractivity contribution in [1.29, 1.82) is 0 Å². The van der Waals surface area contributed by atoms with Gasteiger partial charge in [0.05, 0.1) is 12.7 Å². The molecule has 0 aromatic carbocycles. The first-order valence-corrected chi connectivity index (χ1v) is 5.77. The average Bonchev–Trinajstić information content (AvgIpc) is 2.30. The predicted molar refractivity (Wildman–Crippen MR) is 62.9 cm³/mol. The van der Waals surface area contributed by atoms with Crippen molar-refractivity contribution in [2.24, 2.45) is 5.73 Å². The quantitative estimate of drug-likeness (QED) is 0.873. The molecule has 4 nitrogen and oxygen atoms in total. The van der Waals surface area contributed by atoms with Gasteiger partial charge in [-0.3, -0.25) is 0 Å². The van der Waals surface area contributed by atoms with Crippen LogP contribution in [0.4, 0.5) is 5.82 Å². The number of halogens is 1. The van der Waals surface area contributed by atoms with Gasteiger partial charge in [0.2, 0.25) is 0 Å². The van der Waals surface area contributed by atoms with Crippen molar-refractivity contribution < 1.29 is 4.74 Å². The number of morpholine rings is 1. The van der Waals surface area contributed by atoms with Gasteiger partial charge in [-0.05, 0) is 28.1 Å². The molecule has 1 atom stereocenters. The van der Waals surface area contributed by atoms with E-state index in [4.69, 9.17) is 10.5 Å². The van der Waals surface area contributed by atoms with Gasteiger partial charge in [0.15, 0.2) is 0 Å². The molecular weight excluding hydrogens is 258 g/mol. The third-order valence-electron chi connectivity index (χ3n) is 2.44. The first kappa shape index (κ1) is 10.9. The predicted octanol–water partition coefficient (Wildman–Crippen LogP) is 1.01. The zero-order valence-corrected chi connectivity index (χ0v) is 9.98. The van der Waals surface area contributed by atoms with Gasteiger partial charge in [-0.25, -0.2) is 4.98 Å². The Hall–Kier alpha value is -0.650. The molecule has 1 aliphatic rings. The van der Waals surface area contributed by atoms with Crippen LogP contribution >= 0.6 is 15.9 Å². The molecule has 0 amide bonds. The van der Waals surface area contributed by atoms with Crippen molar-refractivity contribution in [3.63, 3.8) is 0 Å². The number of hydrogen-bond donors (Lipinski definition) is 1. The lowest BCUT2D eigenvalue weighted by Gasteiger charge is -2.33. The lowest BCUT2D eigenvalue weighted by atomic mass is 10.2. The molecule has 0 radical (unpaired) electrons. The van der Waals surface area contributed by atoms with Crippen molar-refractivity contribution in [1.82, 2.24) is 4.98 Å². The molecular formula is C10H14BrN3O. The number of nitrogens with two attached hydrogens (primary N) is 1. The van der Waals surface area contributed by atoms with Crippen LogP contribution in [0.15, 0.2) is 22.8 Å². The van der Waals surface area contributed by atoms with Crippen LogP contribution < -0.4 is 10.6 Å².